The molecule has 0 aliphatic carbocycles. The maximum atomic E-state index is 13.1. The second kappa shape index (κ2) is 9.67. The van der Waals surface area contributed by atoms with E-state index in [1.54, 1.807) is 31.4 Å². The molecule has 2 aromatic carbocycles. The lowest BCUT2D eigenvalue weighted by molar-refractivity contribution is -0.138. The van der Waals surface area contributed by atoms with E-state index in [1.165, 1.54) is 0 Å². The third kappa shape index (κ3) is 5.22. The second-order valence-electron chi connectivity index (χ2n) is 7.53. The molecule has 1 aliphatic rings. The van der Waals surface area contributed by atoms with Crippen LogP contribution in [0, 0.1) is 0 Å². The highest BCUT2D eigenvalue weighted by atomic mass is 16.5. The van der Waals surface area contributed by atoms with Gasteiger partial charge in [-0.15, -0.1) is 0 Å². The van der Waals surface area contributed by atoms with Crippen molar-refractivity contribution in [2.45, 2.75) is 6.04 Å². The third-order valence-corrected chi connectivity index (χ3v) is 5.33. The molecule has 1 saturated heterocycles. The highest BCUT2D eigenvalue weighted by molar-refractivity contribution is 5.97. The van der Waals surface area contributed by atoms with Crippen LogP contribution >= 0.6 is 0 Å². The summed E-state index contributed by atoms with van der Waals surface area (Å²) in [5.74, 6) is 0.938. The van der Waals surface area contributed by atoms with E-state index in [4.69, 9.17) is 4.74 Å². The molecule has 1 fully saturated rings. The van der Waals surface area contributed by atoms with Crippen molar-refractivity contribution >= 4 is 11.7 Å². The Hall–Kier alpha value is -2.70. The number of nitrogens with zero attached hydrogens (tertiary/aromatic N) is 3. The first-order valence-electron chi connectivity index (χ1n) is 9.89. The van der Waals surface area contributed by atoms with Gasteiger partial charge in [-0.1, -0.05) is 30.3 Å². The Morgan fingerprint density at radius 1 is 0.966 bits per heavy atom. The Balaban J connectivity index is 1.56. The summed E-state index contributed by atoms with van der Waals surface area (Å²) in [7, 11) is 5.47. The van der Waals surface area contributed by atoms with Gasteiger partial charge in [0.05, 0.1) is 13.7 Å². The average Bonchev–Trinajstić information content (AvgIpc) is 2.75. The molecule has 0 saturated carbocycles. The fourth-order valence-corrected chi connectivity index (χ4v) is 3.67. The number of piperazine rings is 1. The number of benzene rings is 2. The molecule has 1 aliphatic heterocycles. The van der Waals surface area contributed by atoms with Gasteiger partial charge >= 0.3 is 0 Å². The van der Waals surface area contributed by atoms with Crippen LogP contribution in [0.4, 0.5) is 0 Å². The molecule has 6 nitrogen and oxygen atoms in total. The van der Waals surface area contributed by atoms with Crippen LogP contribution in [0.2, 0.25) is 0 Å². The van der Waals surface area contributed by atoms with Gasteiger partial charge in [0.25, 0.3) is 0 Å². The van der Waals surface area contributed by atoms with E-state index in [9.17, 15) is 9.59 Å². The maximum absolute atomic E-state index is 13.1. The SMILES string of the molecule is COc1ccc(C(=O)CN2CCN(C(=O)C(c3ccccc3)N(C)C)CC2)cc1. The fraction of sp³-hybridized carbons (Fsp3) is 0.391. The Bertz CT molecular complexity index is 813. The molecule has 2 aromatic rings. The topological polar surface area (TPSA) is 53.1 Å². The molecule has 0 bridgehead atoms. The quantitative estimate of drug-likeness (QED) is 0.674. The number of likely N-dealkylation sites (N-methyl/N-ethyl adjacent to an activating group) is 1. The predicted molar refractivity (Wildman–Crippen MR) is 113 cm³/mol. The van der Waals surface area contributed by atoms with Gasteiger partial charge in [-0.05, 0) is 43.9 Å². The molecule has 6 heteroatoms. The summed E-state index contributed by atoms with van der Waals surface area (Å²) in [4.78, 5) is 31.7. The molecule has 0 spiro atoms. The normalized spacial score (nSPS) is 15.9. The number of rotatable bonds is 7. The predicted octanol–water partition coefficient (Wildman–Crippen LogP) is 2.33. The van der Waals surface area contributed by atoms with Gasteiger partial charge in [0.15, 0.2) is 5.78 Å². The minimum atomic E-state index is -0.288. The van der Waals surface area contributed by atoms with Crippen LogP contribution in [0.1, 0.15) is 22.0 Å². The van der Waals surface area contributed by atoms with Crippen molar-refractivity contribution in [2.24, 2.45) is 0 Å². The summed E-state index contributed by atoms with van der Waals surface area (Å²) in [6.07, 6.45) is 0. The van der Waals surface area contributed by atoms with Gasteiger partial charge in [-0.3, -0.25) is 19.4 Å². The van der Waals surface area contributed by atoms with Crippen LogP contribution in [0.15, 0.2) is 54.6 Å². The van der Waals surface area contributed by atoms with Gasteiger partial charge < -0.3 is 9.64 Å². The fourth-order valence-electron chi connectivity index (χ4n) is 3.67. The minimum absolute atomic E-state index is 0.0860. The molecule has 154 valence electrons. The van der Waals surface area contributed by atoms with Crippen LogP contribution in [0.5, 0.6) is 5.75 Å². The van der Waals surface area contributed by atoms with Gasteiger partial charge in [-0.2, -0.15) is 0 Å². The van der Waals surface area contributed by atoms with Crippen molar-refractivity contribution in [3.05, 3.63) is 65.7 Å². The average molecular weight is 396 g/mol. The summed E-state index contributed by atoms with van der Waals surface area (Å²) in [6, 6.07) is 16.8. The van der Waals surface area contributed by atoms with Crippen LogP contribution < -0.4 is 4.74 Å². The van der Waals surface area contributed by atoms with E-state index in [1.807, 2.05) is 54.2 Å². The van der Waals surface area contributed by atoms with E-state index in [0.717, 1.165) is 11.3 Å². The van der Waals surface area contributed by atoms with Gasteiger partial charge in [-0.25, -0.2) is 0 Å². The Labute approximate surface area is 172 Å². The lowest BCUT2D eigenvalue weighted by Gasteiger charge is -2.37. The molecule has 0 aromatic heterocycles. The molecule has 1 unspecified atom stereocenters. The van der Waals surface area contributed by atoms with Gasteiger partial charge in [0, 0.05) is 31.7 Å². The number of carbonyl (C=O) groups excluding carboxylic acids is 2. The van der Waals surface area contributed by atoms with Gasteiger partial charge in [0.2, 0.25) is 5.91 Å². The zero-order valence-electron chi connectivity index (χ0n) is 17.4. The molecule has 1 amide bonds. The minimum Gasteiger partial charge on any atom is -0.497 e. The van der Waals surface area contributed by atoms with Crippen LogP contribution in [-0.2, 0) is 4.79 Å². The van der Waals surface area contributed by atoms with Crippen molar-refractivity contribution in [1.29, 1.82) is 0 Å². The summed E-state index contributed by atoms with van der Waals surface area (Å²) in [5, 5.41) is 0. The van der Waals surface area contributed by atoms with Crippen molar-refractivity contribution < 1.29 is 14.3 Å². The largest absolute Gasteiger partial charge is 0.497 e. The number of carbonyl (C=O) groups is 2. The molecule has 1 heterocycles. The standard InChI is InChI=1S/C23H29N3O3/c1-24(2)22(19-7-5-4-6-8-19)23(28)26-15-13-25(14-16-26)17-21(27)18-9-11-20(29-3)12-10-18/h4-12,22H,13-17H2,1-3H3. The first kappa shape index (κ1) is 21.0. The van der Waals surface area contributed by atoms with Crippen LogP contribution in [0.3, 0.4) is 0 Å². The van der Waals surface area contributed by atoms with Crippen molar-refractivity contribution in [2.75, 3.05) is 53.9 Å². The Morgan fingerprint density at radius 3 is 2.14 bits per heavy atom. The zero-order valence-corrected chi connectivity index (χ0v) is 17.4. The monoisotopic (exact) mass is 395 g/mol. The molecule has 0 radical (unpaired) electrons. The van der Waals surface area contributed by atoms with E-state index in [0.29, 0.717) is 38.3 Å². The number of ketones is 1. The van der Waals surface area contributed by atoms with Crippen molar-refractivity contribution in [1.82, 2.24) is 14.7 Å². The van der Waals surface area contributed by atoms with Crippen LogP contribution in [-0.4, -0.2) is 80.3 Å². The zero-order chi connectivity index (χ0) is 20.8. The number of amides is 1. The lowest BCUT2D eigenvalue weighted by atomic mass is 10.0. The first-order chi connectivity index (χ1) is 14.0. The summed E-state index contributed by atoms with van der Waals surface area (Å²) >= 11 is 0. The molecular weight excluding hydrogens is 366 g/mol. The van der Waals surface area contributed by atoms with E-state index in [-0.39, 0.29) is 17.7 Å². The highest BCUT2D eigenvalue weighted by Gasteiger charge is 2.30. The molecule has 0 N–H and O–H groups in total. The number of hydrogen-bond donors (Lipinski definition) is 0. The van der Waals surface area contributed by atoms with Gasteiger partial charge in [0.1, 0.15) is 11.8 Å². The molecule has 29 heavy (non-hydrogen) atoms. The second-order valence-corrected chi connectivity index (χ2v) is 7.53. The smallest absolute Gasteiger partial charge is 0.244 e. The summed E-state index contributed by atoms with van der Waals surface area (Å²) in [6.45, 7) is 3.02. The maximum Gasteiger partial charge on any atom is 0.244 e. The van der Waals surface area contributed by atoms with Crippen molar-refractivity contribution in [3.8, 4) is 5.75 Å². The third-order valence-electron chi connectivity index (χ3n) is 5.33. The molecule has 3 rings (SSSR count). The molecular formula is C23H29N3O3. The number of ether oxygens (including phenoxy) is 1. The van der Waals surface area contributed by atoms with E-state index in [2.05, 4.69) is 4.90 Å². The first-order valence-corrected chi connectivity index (χ1v) is 9.89. The van der Waals surface area contributed by atoms with E-state index < -0.39 is 0 Å². The summed E-state index contributed by atoms with van der Waals surface area (Å²) in [5.41, 5.74) is 1.68. The Morgan fingerprint density at radius 2 is 1.59 bits per heavy atom. The number of Topliss-reactive ketones (excluding diaryl/α,β-unsaturated/α-hetero) is 1. The highest BCUT2D eigenvalue weighted by Crippen LogP contribution is 2.21. The number of hydrogen-bond acceptors (Lipinski definition) is 5. The molecule has 1 atom stereocenters. The van der Waals surface area contributed by atoms with Crippen LogP contribution in [0.25, 0.3) is 0 Å². The lowest BCUT2D eigenvalue weighted by Crippen LogP contribution is -2.52. The van der Waals surface area contributed by atoms with E-state index >= 15 is 0 Å². The Kier molecular flexibility index (Phi) is 7.01. The number of methoxy groups -OCH3 is 1. The summed E-state index contributed by atoms with van der Waals surface area (Å²) < 4.78 is 5.14. The van der Waals surface area contributed by atoms with Crippen molar-refractivity contribution in [3.63, 3.8) is 0 Å².